The number of fused-ring (bicyclic) bond motifs is 4. The first kappa shape index (κ1) is 34.1. The Hall–Kier alpha value is -6.44. The average molecular weight is 720 g/mol. The molecule has 0 aromatic heterocycles. The van der Waals surface area contributed by atoms with Crippen LogP contribution in [0, 0.1) is 0 Å². The SMILES string of the molecule is CC1(C)c2ccccc2-c2cc(-c3cccc4c3CCCC4)c(N(c3ccc(-c4ccccc4)cc3)c3ccc(-c4ccc(-c5ccccc5)cc4)cc3)cc21. The summed E-state index contributed by atoms with van der Waals surface area (Å²) in [5, 5.41) is 0. The van der Waals surface area contributed by atoms with Gasteiger partial charge in [-0.1, -0.05) is 166 Å². The molecule has 10 rings (SSSR count). The second-order valence-electron chi connectivity index (χ2n) is 16.0. The summed E-state index contributed by atoms with van der Waals surface area (Å²) in [6, 6.07) is 69.7. The molecule has 0 fully saturated rings. The molecule has 8 aromatic rings. The Morgan fingerprint density at radius 1 is 0.375 bits per heavy atom. The quantitative estimate of drug-likeness (QED) is 0.159. The summed E-state index contributed by atoms with van der Waals surface area (Å²) in [4.78, 5) is 2.51. The van der Waals surface area contributed by atoms with E-state index < -0.39 is 0 Å². The van der Waals surface area contributed by atoms with Crippen LogP contribution in [0.4, 0.5) is 17.1 Å². The summed E-state index contributed by atoms with van der Waals surface area (Å²) in [6.07, 6.45) is 4.76. The van der Waals surface area contributed by atoms with E-state index in [-0.39, 0.29) is 5.41 Å². The molecule has 0 saturated carbocycles. The molecule has 0 saturated heterocycles. The van der Waals surface area contributed by atoms with E-state index in [4.69, 9.17) is 0 Å². The Kier molecular flexibility index (Phi) is 8.52. The zero-order valence-electron chi connectivity index (χ0n) is 32.2. The molecule has 56 heavy (non-hydrogen) atoms. The Balaban J connectivity index is 1.16. The van der Waals surface area contributed by atoms with Crippen LogP contribution in [0.2, 0.25) is 0 Å². The Morgan fingerprint density at radius 2 is 0.857 bits per heavy atom. The molecule has 270 valence electrons. The van der Waals surface area contributed by atoms with E-state index in [2.05, 4.69) is 207 Å². The Bertz CT molecular complexity index is 2670. The molecule has 0 heterocycles. The lowest BCUT2D eigenvalue weighted by Crippen LogP contribution is -2.17. The van der Waals surface area contributed by atoms with Crippen LogP contribution in [0.25, 0.3) is 55.6 Å². The third kappa shape index (κ3) is 5.96. The monoisotopic (exact) mass is 719 g/mol. The number of hydrogen-bond acceptors (Lipinski definition) is 1. The molecule has 1 nitrogen and oxygen atoms in total. The van der Waals surface area contributed by atoms with Gasteiger partial charge in [0.1, 0.15) is 0 Å². The number of hydrogen-bond donors (Lipinski definition) is 0. The molecule has 0 unspecified atom stereocenters. The minimum atomic E-state index is -0.131. The molecule has 8 aromatic carbocycles. The van der Waals surface area contributed by atoms with Crippen molar-refractivity contribution in [2.45, 2.75) is 44.9 Å². The summed E-state index contributed by atoms with van der Waals surface area (Å²) < 4.78 is 0. The van der Waals surface area contributed by atoms with Crippen LogP contribution in [-0.4, -0.2) is 0 Å². The standard InChI is InChI=1S/C55H45N/c1-55(2)52-23-12-11-21-49(52)50-36-51(48-22-13-19-44-18-9-10-20-47(44)48)54(37-53(50)55)56(45-32-28-42(29-33-45)39-16-7-4-8-17-39)46-34-30-43(31-35-46)41-26-24-40(25-27-41)38-14-5-3-6-15-38/h3-8,11-17,19,21-37H,9-10,18,20H2,1-2H3. The third-order valence-corrected chi connectivity index (χ3v) is 12.3. The smallest absolute Gasteiger partial charge is 0.0543 e. The van der Waals surface area contributed by atoms with Crippen molar-refractivity contribution in [3.05, 3.63) is 210 Å². The maximum Gasteiger partial charge on any atom is 0.0543 e. The van der Waals surface area contributed by atoms with Gasteiger partial charge in [-0.25, -0.2) is 0 Å². The Morgan fingerprint density at radius 3 is 1.45 bits per heavy atom. The van der Waals surface area contributed by atoms with Gasteiger partial charge < -0.3 is 4.90 Å². The second kappa shape index (κ2) is 14.0. The second-order valence-corrected chi connectivity index (χ2v) is 16.0. The van der Waals surface area contributed by atoms with E-state index >= 15 is 0 Å². The fraction of sp³-hybridized carbons (Fsp3) is 0.127. The third-order valence-electron chi connectivity index (χ3n) is 12.3. The zero-order chi connectivity index (χ0) is 37.6. The largest absolute Gasteiger partial charge is 0.310 e. The molecule has 0 radical (unpaired) electrons. The van der Waals surface area contributed by atoms with Crippen molar-refractivity contribution in [2.75, 3.05) is 4.90 Å². The van der Waals surface area contributed by atoms with Crippen molar-refractivity contribution >= 4 is 17.1 Å². The fourth-order valence-electron chi connectivity index (χ4n) is 9.32. The van der Waals surface area contributed by atoms with Crippen LogP contribution in [0.3, 0.4) is 0 Å². The van der Waals surface area contributed by atoms with Gasteiger partial charge in [0, 0.05) is 22.4 Å². The van der Waals surface area contributed by atoms with Crippen molar-refractivity contribution in [3.8, 4) is 55.6 Å². The van der Waals surface area contributed by atoms with Crippen LogP contribution < -0.4 is 4.90 Å². The molecular weight excluding hydrogens is 675 g/mol. The van der Waals surface area contributed by atoms with Crippen LogP contribution >= 0.6 is 0 Å². The van der Waals surface area contributed by atoms with E-state index in [1.807, 2.05) is 0 Å². The van der Waals surface area contributed by atoms with Gasteiger partial charge in [0.15, 0.2) is 0 Å². The molecule has 2 aliphatic rings. The maximum absolute atomic E-state index is 2.52. The summed E-state index contributed by atoms with van der Waals surface area (Å²) in [5.74, 6) is 0. The average Bonchev–Trinajstić information content (AvgIpc) is 3.49. The van der Waals surface area contributed by atoms with Crippen molar-refractivity contribution in [3.63, 3.8) is 0 Å². The van der Waals surface area contributed by atoms with Gasteiger partial charge in [0.2, 0.25) is 0 Å². The molecule has 1 heteroatoms. The first-order chi connectivity index (χ1) is 27.5. The first-order valence-electron chi connectivity index (χ1n) is 20.1. The van der Waals surface area contributed by atoms with E-state index in [1.54, 1.807) is 0 Å². The highest BCUT2D eigenvalue weighted by atomic mass is 15.1. The van der Waals surface area contributed by atoms with E-state index in [9.17, 15) is 0 Å². The van der Waals surface area contributed by atoms with Gasteiger partial charge in [0.05, 0.1) is 5.69 Å². The van der Waals surface area contributed by atoms with Crippen molar-refractivity contribution in [1.82, 2.24) is 0 Å². The van der Waals surface area contributed by atoms with Crippen LogP contribution in [0.5, 0.6) is 0 Å². The number of nitrogens with zero attached hydrogens (tertiary/aromatic N) is 1. The minimum Gasteiger partial charge on any atom is -0.310 e. The molecule has 2 aliphatic carbocycles. The minimum absolute atomic E-state index is 0.131. The van der Waals surface area contributed by atoms with Crippen LogP contribution in [0.15, 0.2) is 188 Å². The Labute approximate surface area is 331 Å². The van der Waals surface area contributed by atoms with Gasteiger partial charge in [-0.15, -0.1) is 0 Å². The molecule has 0 bridgehead atoms. The summed E-state index contributed by atoms with van der Waals surface area (Å²) in [5.41, 5.74) is 21.8. The molecule has 0 atom stereocenters. The van der Waals surface area contributed by atoms with Crippen molar-refractivity contribution in [2.24, 2.45) is 0 Å². The van der Waals surface area contributed by atoms with Crippen LogP contribution in [0.1, 0.15) is 48.9 Å². The lowest BCUT2D eigenvalue weighted by atomic mass is 9.80. The lowest BCUT2D eigenvalue weighted by molar-refractivity contribution is 0.660. The molecule has 0 amide bonds. The first-order valence-corrected chi connectivity index (χ1v) is 20.1. The zero-order valence-corrected chi connectivity index (χ0v) is 32.2. The van der Waals surface area contributed by atoms with Crippen molar-refractivity contribution in [1.29, 1.82) is 0 Å². The van der Waals surface area contributed by atoms with Gasteiger partial charge in [0.25, 0.3) is 0 Å². The molecule has 0 N–H and O–H groups in total. The highest BCUT2D eigenvalue weighted by molar-refractivity contribution is 5.96. The van der Waals surface area contributed by atoms with E-state index in [0.29, 0.717) is 0 Å². The summed E-state index contributed by atoms with van der Waals surface area (Å²) in [7, 11) is 0. The predicted molar refractivity (Wildman–Crippen MR) is 237 cm³/mol. The molecular formula is C55H45N. The normalized spacial score (nSPS) is 13.8. The lowest BCUT2D eigenvalue weighted by Gasteiger charge is -2.31. The van der Waals surface area contributed by atoms with Crippen LogP contribution in [-0.2, 0) is 18.3 Å². The van der Waals surface area contributed by atoms with Gasteiger partial charge in [-0.3, -0.25) is 0 Å². The predicted octanol–water partition coefficient (Wildman–Crippen LogP) is 15.0. The number of benzene rings is 8. The topological polar surface area (TPSA) is 3.24 Å². The van der Waals surface area contributed by atoms with E-state index in [0.717, 1.165) is 24.2 Å². The maximum atomic E-state index is 2.52. The van der Waals surface area contributed by atoms with Gasteiger partial charge >= 0.3 is 0 Å². The van der Waals surface area contributed by atoms with Crippen molar-refractivity contribution < 1.29 is 0 Å². The highest BCUT2D eigenvalue weighted by Gasteiger charge is 2.37. The number of aryl methyl sites for hydroxylation is 1. The van der Waals surface area contributed by atoms with Gasteiger partial charge in [-0.05, 0) is 134 Å². The molecule has 0 aliphatic heterocycles. The number of anilines is 3. The number of rotatable bonds is 7. The highest BCUT2D eigenvalue weighted by Crippen LogP contribution is 2.54. The summed E-state index contributed by atoms with van der Waals surface area (Å²) in [6.45, 7) is 4.78. The summed E-state index contributed by atoms with van der Waals surface area (Å²) >= 11 is 0. The molecule has 0 spiro atoms. The van der Waals surface area contributed by atoms with E-state index in [1.165, 1.54) is 96.4 Å². The van der Waals surface area contributed by atoms with Gasteiger partial charge in [-0.2, -0.15) is 0 Å². The fourth-order valence-corrected chi connectivity index (χ4v) is 9.32.